The number of H-pyrrole nitrogens is 1. The lowest BCUT2D eigenvalue weighted by molar-refractivity contribution is 0.0979. The third-order valence-corrected chi connectivity index (χ3v) is 16.2. The first kappa shape index (κ1) is 45.2. The number of amides is 1. The van der Waals surface area contributed by atoms with Crippen LogP contribution < -0.4 is 19.7 Å². The summed E-state index contributed by atoms with van der Waals surface area (Å²) in [5.74, 6) is 0.0655. The maximum atomic E-state index is 14.1. The molecular formula is C55H61ClN6O4S. The van der Waals surface area contributed by atoms with Crippen molar-refractivity contribution in [3.63, 3.8) is 0 Å². The van der Waals surface area contributed by atoms with Crippen molar-refractivity contribution in [2.45, 2.75) is 82.7 Å². The van der Waals surface area contributed by atoms with E-state index in [1.54, 1.807) is 18.2 Å². The minimum atomic E-state index is -4.23. The molecule has 348 valence electrons. The number of anilines is 2. The van der Waals surface area contributed by atoms with Gasteiger partial charge in [-0.3, -0.25) is 14.6 Å². The number of carbonyl (C=O) groups excluding carboxylic acids is 1. The molecule has 0 saturated carbocycles. The highest BCUT2D eigenvalue weighted by Gasteiger charge is 2.32. The molecule has 3 N–H and O–H groups in total. The van der Waals surface area contributed by atoms with Crippen LogP contribution in [0.4, 0.5) is 11.4 Å². The minimum absolute atomic E-state index is 0.0300. The van der Waals surface area contributed by atoms with E-state index in [-0.39, 0.29) is 21.6 Å². The van der Waals surface area contributed by atoms with Crippen molar-refractivity contribution in [1.29, 1.82) is 0 Å². The van der Waals surface area contributed by atoms with Gasteiger partial charge in [-0.15, -0.1) is 0 Å². The smallest absolute Gasteiger partial charge is 0.268 e. The largest absolute Gasteiger partial charge is 0.456 e. The number of benzene rings is 5. The predicted molar refractivity (Wildman–Crippen MR) is 271 cm³/mol. The molecule has 10 nitrogen and oxygen atoms in total. The maximum Gasteiger partial charge on any atom is 0.268 e. The molecular weight excluding hydrogens is 876 g/mol. The molecule has 0 atom stereocenters. The van der Waals surface area contributed by atoms with Gasteiger partial charge in [-0.1, -0.05) is 67.4 Å². The van der Waals surface area contributed by atoms with Crippen molar-refractivity contribution in [1.82, 2.24) is 19.5 Å². The molecule has 6 aromatic rings. The summed E-state index contributed by atoms with van der Waals surface area (Å²) in [4.78, 5) is 24.8. The van der Waals surface area contributed by atoms with E-state index in [1.807, 2.05) is 67.7 Å². The highest BCUT2D eigenvalue weighted by Crippen LogP contribution is 2.44. The molecule has 12 heteroatoms. The standard InChI is InChI=1S/C55H61ClN6O4S/c1-37-30-48(14-17-51(37)58-44-20-24-61(25-21-44)46-31-39-6-4-5-7-40(39)32-46)67(64,65)59-54(63)49-15-12-45(34-53(49)66-47-13-16-52-41(33-47)19-23-57-52)62-28-26-60(27-29-62)36-42-18-22-55(2,3)35-50(42)38-8-10-43(56)11-9-38/h4-17,19,23,30,33-34,44,46,57-58H,18,20-22,24-29,31-32,35-36H2,1-3H3,(H,59,63). The number of fused-ring (bicyclic) bond motifs is 2. The summed E-state index contributed by atoms with van der Waals surface area (Å²) in [5, 5.41) is 5.40. The molecule has 4 aliphatic rings. The number of aromatic nitrogens is 1. The number of hydrogen-bond acceptors (Lipinski definition) is 8. The molecule has 3 heterocycles. The van der Waals surface area contributed by atoms with E-state index in [4.69, 9.17) is 16.3 Å². The molecule has 0 spiro atoms. The minimum Gasteiger partial charge on any atom is -0.456 e. The number of carbonyl (C=O) groups is 1. The zero-order valence-corrected chi connectivity index (χ0v) is 40.4. The number of ether oxygens (including phenoxy) is 1. The number of allylic oxidation sites excluding steroid dienone is 1. The van der Waals surface area contributed by atoms with Gasteiger partial charge in [0.1, 0.15) is 11.5 Å². The second kappa shape index (κ2) is 18.8. The molecule has 67 heavy (non-hydrogen) atoms. The Bertz CT molecular complexity index is 2910. The summed E-state index contributed by atoms with van der Waals surface area (Å²) in [6.45, 7) is 13.0. The predicted octanol–water partition coefficient (Wildman–Crippen LogP) is 10.9. The zero-order chi connectivity index (χ0) is 46.3. The monoisotopic (exact) mass is 936 g/mol. The lowest BCUT2D eigenvalue weighted by Crippen LogP contribution is -2.47. The van der Waals surface area contributed by atoms with Gasteiger partial charge in [0.05, 0.1) is 10.5 Å². The van der Waals surface area contributed by atoms with Crippen molar-refractivity contribution >= 4 is 55.4 Å². The van der Waals surface area contributed by atoms with Crippen molar-refractivity contribution in [3.05, 3.63) is 154 Å². The van der Waals surface area contributed by atoms with Gasteiger partial charge in [0.25, 0.3) is 15.9 Å². The van der Waals surface area contributed by atoms with E-state index in [1.165, 1.54) is 34.3 Å². The molecule has 2 saturated heterocycles. The molecule has 10 rings (SSSR count). The highest BCUT2D eigenvalue weighted by atomic mass is 35.5. The molecule has 5 aromatic carbocycles. The number of likely N-dealkylation sites (tertiary alicyclic amines) is 1. The fraction of sp³-hybridized carbons (Fsp3) is 0.364. The average Bonchev–Trinajstić information content (AvgIpc) is 3.98. The second-order valence-electron chi connectivity index (χ2n) is 19.9. The topological polar surface area (TPSA) is 110 Å². The summed E-state index contributed by atoms with van der Waals surface area (Å²) in [5.41, 5.74) is 11.1. The van der Waals surface area contributed by atoms with E-state index >= 15 is 0 Å². The summed E-state index contributed by atoms with van der Waals surface area (Å²) in [6.07, 6.45) is 9.44. The summed E-state index contributed by atoms with van der Waals surface area (Å²) in [7, 11) is -4.23. The number of hydrogen-bond donors (Lipinski definition) is 3. The van der Waals surface area contributed by atoms with Crippen LogP contribution in [-0.4, -0.2) is 87.0 Å². The average molecular weight is 938 g/mol. The Balaban J connectivity index is 0.811. The number of piperazine rings is 1. The van der Waals surface area contributed by atoms with Gasteiger partial charge < -0.3 is 19.9 Å². The normalized spacial score (nSPS) is 18.6. The van der Waals surface area contributed by atoms with Gasteiger partial charge in [0.2, 0.25) is 0 Å². The number of aryl methyl sites for hydroxylation is 1. The van der Waals surface area contributed by atoms with E-state index in [0.717, 1.165) is 117 Å². The molecule has 2 aliphatic heterocycles. The van der Waals surface area contributed by atoms with Gasteiger partial charge in [0, 0.05) is 97.5 Å². The molecule has 2 fully saturated rings. The van der Waals surface area contributed by atoms with Crippen molar-refractivity contribution in [2.24, 2.45) is 5.41 Å². The van der Waals surface area contributed by atoms with Gasteiger partial charge in [0.15, 0.2) is 0 Å². The lowest BCUT2D eigenvalue weighted by atomic mass is 9.72. The molecule has 0 bridgehead atoms. The number of halogens is 1. The Labute approximate surface area is 400 Å². The zero-order valence-electron chi connectivity index (χ0n) is 38.8. The van der Waals surface area contributed by atoms with Crippen LogP contribution in [-0.2, 0) is 22.9 Å². The highest BCUT2D eigenvalue weighted by molar-refractivity contribution is 7.90. The van der Waals surface area contributed by atoms with E-state index < -0.39 is 15.9 Å². The lowest BCUT2D eigenvalue weighted by Gasteiger charge is -2.39. The van der Waals surface area contributed by atoms with Gasteiger partial charge in [-0.05, 0) is 152 Å². The maximum absolute atomic E-state index is 14.1. The third kappa shape index (κ3) is 10.2. The van der Waals surface area contributed by atoms with Crippen LogP contribution in [0.25, 0.3) is 16.5 Å². The Morgan fingerprint density at radius 1 is 0.851 bits per heavy atom. The van der Waals surface area contributed by atoms with Crippen LogP contribution >= 0.6 is 11.6 Å². The van der Waals surface area contributed by atoms with Crippen LogP contribution in [0.3, 0.4) is 0 Å². The van der Waals surface area contributed by atoms with Crippen LogP contribution in [0.5, 0.6) is 11.5 Å². The Hall–Kier alpha value is -5.59. The number of rotatable bonds is 12. The molecule has 0 unspecified atom stereocenters. The number of nitrogens with zero attached hydrogens (tertiary/aromatic N) is 3. The number of piperidine rings is 1. The fourth-order valence-electron chi connectivity index (χ4n) is 10.7. The Morgan fingerprint density at radius 2 is 1.60 bits per heavy atom. The second-order valence-corrected chi connectivity index (χ2v) is 22.0. The van der Waals surface area contributed by atoms with Gasteiger partial charge in [-0.25, -0.2) is 13.1 Å². The third-order valence-electron chi connectivity index (χ3n) is 14.7. The Morgan fingerprint density at radius 3 is 2.33 bits per heavy atom. The van der Waals surface area contributed by atoms with Crippen LogP contribution in [0, 0.1) is 12.3 Å². The first-order chi connectivity index (χ1) is 32.3. The molecule has 1 aromatic heterocycles. The summed E-state index contributed by atoms with van der Waals surface area (Å²) < 4.78 is 36.7. The summed E-state index contributed by atoms with van der Waals surface area (Å²) in [6, 6.07) is 36.1. The summed E-state index contributed by atoms with van der Waals surface area (Å²) >= 11 is 6.27. The first-order valence-electron chi connectivity index (χ1n) is 23.9. The number of nitrogens with one attached hydrogen (secondary N) is 3. The van der Waals surface area contributed by atoms with E-state index in [2.05, 4.69) is 80.0 Å². The van der Waals surface area contributed by atoms with Crippen molar-refractivity contribution in [3.8, 4) is 11.5 Å². The van der Waals surface area contributed by atoms with Crippen molar-refractivity contribution < 1.29 is 17.9 Å². The van der Waals surface area contributed by atoms with Gasteiger partial charge >= 0.3 is 0 Å². The van der Waals surface area contributed by atoms with Crippen LogP contribution in [0.15, 0.2) is 126 Å². The van der Waals surface area contributed by atoms with Crippen LogP contribution in [0.1, 0.15) is 78.6 Å². The molecule has 2 aliphatic carbocycles. The van der Waals surface area contributed by atoms with E-state index in [9.17, 15) is 13.2 Å². The Kier molecular flexibility index (Phi) is 12.7. The number of aromatic amines is 1. The van der Waals surface area contributed by atoms with Crippen LogP contribution in [0.2, 0.25) is 5.02 Å². The van der Waals surface area contributed by atoms with Gasteiger partial charge in [-0.2, -0.15) is 0 Å². The SMILES string of the molecule is Cc1cc(S(=O)(=O)NC(=O)c2ccc(N3CCN(CC4=C(c5ccc(Cl)cc5)CC(C)(C)CC4)CC3)cc2Oc2ccc3[nH]ccc3c2)ccc1NC1CCN(C2Cc3ccccc3C2)CC1. The first-order valence-corrected chi connectivity index (χ1v) is 25.8. The molecule has 1 amide bonds. The fourth-order valence-corrected chi connectivity index (χ4v) is 11.9. The number of sulfonamides is 1. The van der Waals surface area contributed by atoms with E-state index in [0.29, 0.717) is 17.8 Å². The quantitative estimate of drug-likeness (QED) is 0.111. The molecule has 0 radical (unpaired) electrons. The van der Waals surface area contributed by atoms with Crippen molar-refractivity contribution in [2.75, 3.05) is 56.0 Å².